The van der Waals surface area contributed by atoms with Crippen LogP contribution in [0.2, 0.25) is 0 Å². The van der Waals surface area contributed by atoms with Crippen molar-refractivity contribution >= 4 is 45.7 Å². The molecule has 0 bridgehead atoms. The average Bonchev–Trinajstić information content (AvgIpc) is 3.54. The summed E-state index contributed by atoms with van der Waals surface area (Å²) in [6, 6.07) is 22.8. The molecule has 0 aliphatic carbocycles. The van der Waals surface area contributed by atoms with Gasteiger partial charge in [0.05, 0.1) is 25.3 Å². The Balaban J connectivity index is 1.56. The molecule has 198 valence electrons. The van der Waals surface area contributed by atoms with E-state index in [1.54, 1.807) is 55.6 Å². The molecule has 3 aromatic carbocycles. The third kappa shape index (κ3) is 5.52. The highest BCUT2D eigenvalue weighted by atomic mass is 32.2. The van der Waals surface area contributed by atoms with E-state index in [1.165, 1.54) is 28.0 Å². The number of ether oxygens (including phenoxy) is 2. The van der Waals surface area contributed by atoms with Crippen LogP contribution in [0.1, 0.15) is 29.7 Å². The molecule has 0 radical (unpaired) electrons. The summed E-state index contributed by atoms with van der Waals surface area (Å²) in [6.45, 7) is 2.33. The highest BCUT2D eigenvalue weighted by Gasteiger charge is 2.48. The number of benzene rings is 3. The number of aliphatic hydroxyl groups excluding tert-OH is 1. The first-order valence-electron chi connectivity index (χ1n) is 12.2. The number of anilines is 1. The maximum absolute atomic E-state index is 13.4. The monoisotopic (exact) mass is 559 g/mol. The van der Waals surface area contributed by atoms with Crippen LogP contribution in [0.5, 0.6) is 11.5 Å². The number of Topliss-reactive ketones (excluding diaryl/α,β-unsaturated/α-hetero) is 1. The number of rotatable bonds is 9. The molecule has 2 heterocycles. The molecular weight excluding hydrogens is 534 g/mol. The summed E-state index contributed by atoms with van der Waals surface area (Å²) in [5, 5.41) is 20.1. The lowest BCUT2D eigenvalue weighted by molar-refractivity contribution is -0.132. The van der Waals surface area contributed by atoms with Crippen LogP contribution in [0.4, 0.5) is 5.13 Å². The van der Waals surface area contributed by atoms with Gasteiger partial charge >= 0.3 is 5.91 Å². The highest BCUT2D eigenvalue weighted by molar-refractivity contribution is 8.00. The normalized spacial score (nSPS) is 16.5. The minimum atomic E-state index is -0.924. The lowest BCUT2D eigenvalue weighted by Gasteiger charge is -2.23. The molecule has 1 atom stereocenters. The summed E-state index contributed by atoms with van der Waals surface area (Å²) >= 11 is 2.72. The molecule has 1 aromatic heterocycles. The van der Waals surface area contributed by atoms with Crippen LogP contribution in [0.25, 0.3) is 5.76 Å². The zero-order chi connectivity index (χ0) is 27.4. The molecule has 39 heavy (non-hydrogen) atoms. The van der Waals surface area contributed by atoms with E-state index in [1.807, 2.05) is 37.3 Å². The predicted octanol–water partition coefficient (Wildman–Crippen LogP) is 5.86. The maximum Gasteiger partial charge on any atom is 0.301 e. The van der Waals surface area contributed by atoms with Gasteiger partial charge in [0.25, 0.3) is 5.78 Å². The van der Waals surface area contributed by atoms with Crippen molar-refractivity contribution in [3.63, 3.8) is 0 Å². The van der Waals surface area contributed by atoms with Crippen molar-refractivity contribution in [3.8, 4) is 11.5 Å². The topological polar surface area (TPSA) is 102 Å². The van der Waals surface area contributed by atoms with Crippen molar-refractivity contribution in [3.05, 3.63) is 101 Å². The fraction of sp³-hybridized carbons (Fsp3) is 0.172. The molecule has 1 N–H and O–H groups in total. The first-order valence-corrected chi connectivity index (χ1v) is 14.0. The number of carbonyl (C=O) groups is 2. The van der Waals surface area contributed by atoms with E-state index < -0.39 is 17.7 Å². The minimum Gasteiger partial charge on any atom is -0.507 e. The Kier molecular flexibility index (Phi) is 7.94. The Morgan fingerprint density at radius 3 is 2.49 bits per heavy atom. The quantitative estimate of drug-likeness (QED) is 0.0894. The van der Waals surface area contributed by atoms with E-state index in [-0.39, 0.29) is 16.5 Å². The van der Waals surface area contributed by atoms with E-state index in [0.29, 0.717) is 39.3 Å². The predicted molar refractivity (Wildman–Crippen MR) is 151 cm³/mol. The number of aromatic nitrogens is 2. The molecule has 1 amide bonds. The van der Waals surface area contributed by atoms with Crippen LogP contribution >= 0.6 is 23.1 Å². The molecule has 10 heteroatoms. The summed E-state index contributed by atoms with van der Waals surface area (Å²) in [6.07, 6.45) is 0. The van der Waals surface area contributed by atoms with E-state index in [2.05, 4.69) is 10.2 Å². The van der Waals surface area contributed by atoms with Gasteiger partial charge in [-0.2, -0.15) is 0 Å². The van der Waals surface area contributed by atoms with Gasteiger partial charge in [-0.15, -0.1) is 10.2 Å². The molecule has 1 saturated heterocycles. The van der Waals surface area contributed by atoms with Gasteiger partial charge in [-0.3, -0.25) is 14.5 Å². The van der Waals surface area contributed by atoms with E-state index in [4.69, 9.17) is 9.47 Å². The highest BCUT2D eigenvalue weighted by Crippen LogP contribution is 2.44. The molecule has 4 aromatic rings. The van der Waals surface area contributed by atoms with Crippen molar-refractivity contribution in [2.45, 2.75) is 23.1 Å². The molecule has 1 aliphatic rings. The number of methoxy groups -OCH3 is 1. The minimum absolute atomic E-state index is 0.0347. The SMILES string of the molecule is CCOc1cccc(C2/C(=C(\O)c3ccc(OC)cc3)C(=O)C(=O)N2c2nnc(SCc3ccccc3)s2)c1. The van der Waals surface area contributed by atoms with Gasteiger partial charge < -0.3 is 14.6 Å². The van der Waals surface area contributed by atoms with Gasteiger partial charge in [-0.25, -0.2) is 0 Å². The number of carbonyl (C=O) groups excluding carboxylic acids is 2. The summed E-state index contributed by atoms with van der Waals surface area (Å²) in [4.78, 5) is 28.2. The molecule has 0 saturated carbocycles. The van der Waals surface area contributed by atoms with Crippen LogP contribution in [0.15, 0.2) is 88.8 Å². The Morgan fingerprint density at radius 2 is 1.77 bits per heavy atom. The standard InChI is InChI=1S/C29H25N3O5S2/c1-3-37-22-11-7-10-20(16-22)24-23(25(33)19-12-14-21(36-2)15-13-19)26(34)27(35)32(24)28-30-31-29(39-28)38-17-18-8-5-4-6-9-18/h4-16,24,33H,3,17H2,1-2H3/b25-23+. The second kappa shape index (κ2) is 11.7. The van der Waals surface area contributed by atoms with Crippen LogP contribution < -0.4 is 14.4 Å². The zero-order valence-electron chi connectivity index (χ0n) is 21.2. The fourth-order valence-electron chi connectivity index (χ4n) is 4.27. The lowest BCUT2D eigenvalue weighted by atomic mass is 9.95. The first-order chi connectivity index (χ1) is 19.0. The third-order valence-corrected chi connectivity index (χ3v) is 8.23. The average molecular weight is 560 g/mol. The van der Waals surface area contributed by atoms with Crippen molar-refractivity contribution in [1.29, 1.82) is 0 Å². The van der Waals surface area contributed by atoms with Gasteiger partial charge in [0.2, 0.25) is 5.13 Å². The number of amides is 1. The number of aliphatic hydroxyl groups is 1. The van der Waals surface area contributed by atoms with Crippen molar-refractivity contribution in [2.75, 3.05) is 18.6 Å². The van der Waals surface area contributed by atoms with Gasteiger partial charge in [-0.05, 0) is 54.4 Å². The zero-order valence-corrected chi connectivity index (χ0v) is 22.9. The van der Waals surface area contributed by atoms with Crippen molar-refractivity contribution in [1.82, 2.24) is 10.2 Å². The molecule has 0 spiro atoms. The van der Waals surface area contributed by atoms with Crippen LogP contribution in [-0.4, -0.2) is 40.7 Å². The number of hydrogen-bond donors (Lipinski definition) is 1. The third-order valence-electron chi connectivity index (χ3n) is 6.10. The molecular formula is C29H25N3O5S2. The van der Waals surface area contributed by atoms with E-state index in [9.17, 15) is 14.7 Å². The van der Waals surface area contributed by atoms with E-state index in [0.717, 1.165) is 5.56 Å². The van der Waals surface area contributed by atoms with Crippen molar-refractivity contribution in [2.24, 2.45) is 0 Å². The van der Waals surface area contributed by atoms with Crippen LogP contribution in [0.3, 0.4) is 0 Å². The Hall–Kier alpha value is -4.15. The van der Waals surface area contributed by atoms with E-state index >= 15 is 0 Å². The molecule has 1 fully saturated rings. The maximum atomic E-state index is 13.4. The van der Waals surface area contributed by atoms with Crippen LogP contribution in [0, 0.1) is 0 Å². The van der Waals surface area contributed by atoms with Gasteiger partial charge in [-0.1, -0.05) is 65.6 Å². The molecule has 8 nitrogen and oxygen atoms in total. The number of ketones is 1. The summed E-state index contributed by atoms with van der Waals surface area (Å²) < 4.78 is 11.5. The molecule has 1 aliphatic heterocycles. The fourth-order valence-corrected chi connectivity index (χ4v) is 6.09. The van der Waals surface area contributed by atoms with Gasteiger partial charge in [0, 0.05) is 11.3 Å². The lowest BCUT2D eigenvalue weighted by Crippen LogP contribution is -2.29. The number of thioether (sulfide) groups is 1. The smallest absolute Gasteiger partial charge is 0.301 e. The summed E-state index contributed by atoms with van der Waals surface area (Å²) in [5.74, 6) is -0.000264. The first kappa shape index (κ1) is 26.5. The second-order valence-electron chi connectivity index (χ2n) is 8.53. The summed E-state index contributed by atoms with van der Waals surface area (Å²) in [5.41, 5.74) is 2.08. The largest absolute Gasteiger partial charge is 0.507 e. The van der Waals surface area contributed by atoms with Gasteiger partial charge in [0.1, 0.15) is 17.3 Å². The van der Waals surface area contributed by atoms with Crippen LogP contribution in [-0.2, 0) is 15.3 Å². The van der Waals surface area contributed by atoms with Crippen molar-refractivity contribution < 1.29 is 24.2 Å². The van der Waals surface area contributed by atoms with Gasteiger partial charge in [0.15, 0.2) is 4.34 Å². The number of hydrogen-bond acceptors (Lipinski definition) is 9. The summed E-state index contributed by atoms with van der Waals surface area (Å²) in [7, 11) is 1.54. The molecule has 5 rings (SSSR count). The number of nitrogens with zero attached hydrogens (tertiary/aromatic N) is 3. The Bertz CT molecular complexity index is 1520. The Morgan fingerprint density at radius 1 is 1.00 bits per heavy atom. The second-order valence-corrected chi connectivity index (χ2v) is 10.7. The molecule has 1 unspecified atom stereocenters. The Labute approximate surface area is 233 Å².